The van der Waals surface area contributed by atoms with Crippen molar-refractivity contribution in [1.29, 1.82) is 0 Å². The Bertz CT molecular complexity index is 488. The van der Waals surface area contributed by atoms with Gasteiger partial charge in [0.25, 0.3) is 0 Å². The maximum atomic E-state index is 14.6. The lowest BCUT2D eigenvalue weighted by Crippen LogP contribution is -2.35. The third-order valence-corrected chi connectivity index (χ3v) is 5.30. The first-order valence-corrected chi connectivity index (χ1v) is 8.50. The number of benzene rings is 1. The Morgan fingerprint density at radius 1 is 1.29 bits per heavy atom. The lowest BCUT2D eigenvalue weighted by atomic mass is 9.85. The number of nitrogens with one attached hydrogen (secondary N) is 1. The van der Waals surface area contributed by atoms with Gasteiger partial charge in [-0.05, 0) is 56.3 Å². The van der Waals surface area contributed by atoms with Crippen molar-refractivity contribution in [2.75, 3.05) is 18.0 Å². The third-order valence-electron chi connectivity index (χ3n) is 5.30. The van der Waals surface area contributed by atoms with Gasteiger partial charge in [-0.15, -0.1) is 0 Å². The van der Waals surface area contributed by atoms with Gasteiger partial charge >= 0.3 is 0 Å². The lowest BCUT2D eigenvalue weighted by Gasteiger charge is -2.33. The Morgan fingerprint density at radius 2 is 2.10 bits per heavy atom. The molecule has 1 heterocycles. The van der Waals surface area contributed by atoms with E-state index in [0.717, 1.165) is 30.3 Å². The largest absolute Gasteiger partial charge is 0.366 e. The van der Waals surface area contributed by atoms with Crippen LogP contribution in [0.4, 0.5) is 10.1 Å². The second-order valence-electron chi connectivity index (χ2n) is 6.58. The summed E-state index contributed by atoms with van der Waals surface area (Å²) in [4.78, 5) is 2.33. The highest BCUT2D eigenvalue weighted by molar-refractivity contribution is 5.51. The molecule has 0 bridgehead atoms. The summed E-state index contributed by atoms with van der Waals surface area (Å²) in [5.74, 6) is 0.738. The standard InChI is InChI=1S/C18H27FN2/c1-3-20-13(2)15-8-9-18(16(19)12-15)21-11-10-14-6-4-5-7-17(14)21/h8-9,12-14,17,20H,3-7,10-11H2,1-2H3. The van der Waals surface area contributed by atoms with E-state index in [-0.39, 0.29) is 11.9 Å². The fourth-order valence-electron chi connectivity index (χ4n) is 4.15. The number of fused-ring (bicyclic) bond motifs is 1. The topological polar surface area (TPSA) is 15.3 Å². The monoisotopic (exact) mass is 290 g/mol. The van der Waals surface area contributed by atoms with Crippen LogP contribution < -0.4 is 10.2 Å². The van der Waals surface area contributed by atoms with Crippen LogP contribution in [0.15, 0.2) is 18.2 Å². The summed E-state index contributed by atoms with van der Waals surface area (Å²) < 4.78 is 14.6. The van der Waals surface area contributed by atoms with Crippen molar-refractivity contribution in [2.24, 2.45) is 5.92 Å². The second-order valence-corrected chi connectivity index (χ2v) is 6.58. The first-order valence-electron chi connectivity index (χ1n) is 8.50. The van der Waals surface area contributed by atoms with Gasteiger partial charge in [0.05, 0.1) is 5.69 Å². The highest BCUT2D eigenvalue weighted by Gasteiger charge is 2.36. The van der Waals surface area contributed by atoms with Gasteiger partial charge in [-0.1, -0.05) is 25.8 Å². The van der Waals surface area contributed by atoms with E-state index in [2.05, 4.69) is 30.1 Å². The summed E-state index contributed by atoms with van der Waals surface area (Å²) in [6.07, 6.45) is 6.46. The molecule has 116 valence electrons. The minimum Gasteiger partial charge on any atom is -0.366 e. The number of hydrogen-bond donors (Lipinski definition) is 1. The van der Waals surface area contributed by atoms with Crippen LogP contribution in [0.5, 0.6) is 0 Å². The molecule has 21 heavy (non-hydrogen) atoms. The van der Waals surface area contributed by atoms with Gasteiger partial charge in [-0.3, -0.25) is 0 Å². The van der Waals surface area contributed by atoms with Gasteiger partial charge in [0.2, 0.25) is 0 Å². The number of anilines is 1. The number of halogens is 1. The maximum absolute atomic E-state index is 14.6. The molecule has 3 atom stereocenters. The molecule has 1 saturated heterocycles. The van der Waals surface area contributed by atoms with E-state index in [1.165, 1.54) is 32.1 Å². The minimum atomic E-state index is -0.0523. The second kappa shape index (κ2) is 6.35. The highest BCUT2D eigenvalue weighted by Crippen LogP contribution is 2.39. The molecule has 2 fully saturated rings. The normalized spacial score (nSPS) is 26.7. The molecule has 3 unspecified atom stereocenters. The Labute approximate surface area is 127 Å². The van der Waals surface area contributed by atoms with Crippen LogP contribution in [0, 0.1) is 11.7 Å². The number of hydrogen-bond acceptors (Lipinski definition) is 2. The molecular weight excluding hydrogens is 263 g/mol. The zero-order chi connectivity index (χ0) is 14.8. The molecule has 0 radical (unpaired) electrons. The summed E-state index contributed by atoms with van der Waals surface area (Å²) in [7, 11) is 0. The highest BCUT2D eigenvalue weighted by atomic mass is 19.1. The van der Waals surface area contributed by atoms with Gasteiger partial charge in [-0.2, -0.15) is 0 Å². The van der Waals surface area contributed by atoms with E-state index in [1.54, 1.807) is 6.07 Å². The van der Waals surface area contributed by atoms with E-state index < -0.39 is 0 Å². The van der Waals surface area contributed by atoms with Gasteiger partial charge < -0.3 is 10.2 Å². The third kappa shape index (κ3) is 2.94. The van der Waals surface area contributed by atoms with E-state index in [4.69, 9.17) is 0 Å². The van der Waals surface area contributed by atoms with Crippen molar-refractivity contribution in [1.82, 2.24) is 5.32 Å². The van der Waals surface area contributed by atoms with Gasteiger partial charge in [0.1, 0.15) is 5.82 Å². The van der Waals surface area contributed by atoms with Crippen LogP contribution in [-0.2, 0) is 0 Å². The van der Waals surface area contributed by atoms with Crippen molar-refractivity contribution >= 4 is 5.69 Å². The molecule has 3 heteroatoms. The van der Waals surface area contributed by atoms with Crippen LogP contribution in [0.25, 0.3) is 0 Å². The summed E-state index contributed by atoms with van der Waals surface area (Å²) in [5, 5.41) is 3.34. The van der Waals surface area contributed by atoms with Crippen molar-refractivity contribution in [3.63, 3.8) is 0 Å². The van der Waals surface area contributed by atoms with Crippen LogP contribution >= 0.6 is 0 Å². The molecule has 1 aliphatic carbocycles. The van der Waals surface area contributed by atoms with Crippen LogP contribution in [0.2, 0.25) is 0 Å². The quantitative estimate of drug-likeness (QED) is 0.891. The molecule has 1 saturated carbocycles. The van der Waals surface area contributed by atoms with E-state index >= 15 is 0 Å². The average Bonchev–Trinajstić information content (AvgIpc) is 2.91. The van der Waals surface area contributed by atoms with Crippen LogP contribution in [0.1, 0.15) is 57.6 Å². The molecule has 0 amide bonds. The molecule has 1 aromatic rings. The Balaban J connectivity index is 1.79. The van der Waals surface area contributed by atoms with Gasteiger partial charge in [-0.25, -0.2) is 4.39 Å². The molecule has 0 aromatic heterocycles. The molecule has 1 aliphatic heterocycles. The predicted octanol–water partition coefficient (Wildman–Crippen LogP) is 4.27. The summed E-state index contributed by atoms with van der Waals surface area (Å²) in [5.41, 5.74) is 1.86. The molecule has 1 aromatic carbocycles. The molecule has 2 nitrogen and oxygen atoms in total. The Hall–Kier alpha value is -1.09. The molecule has 1 N–H and O–H groups in total. The van der Waals surface area contributed by atoms with Crippen molar-refractivity contribution in [3.05, 3.63) is 29.6 Å². The first kappa shape index (κ1) is 14.8. The molecule has 0 spiro atoms. The van der Waals surface area contributed by atoms with Crippen molar-refractivity contribution < 1.29 is 4.39 Å². The number of rotatable bonds is 4. The summed E-state index contributed by atoms with van der Waals surface area (Å²) in [6, 6.07) is 6.58. The van der Waals surface area contributed by atoms with E-state index in [9.17, 15) is 4.39 Å². The molecular formula is C18H27FN2. The van der Waals surface area contributed by atoms with E-state index in [0.29, 0.717) is 6.04 Å². The fourth-order valence-corrected chi connectivity index (χ4v) is 4.15. The summed E-state index contributed by atoms with van der Waals surface area (Å²) >= 11 is 0. The number of nitrogens with zero attached hydrogens (tertiary/aromatic N) is 1. The maximum Gasteiger partial charge on any atom is 0.146 e. The molecule has 3 rings (SSSR count). The molecule has 2 aliphatic rings. The van der Waals surface area contributed by atoms with Gasteiger partial charge in [0.15, 0.2) is 0 Å². The first-order chi connectivity index (χ1) is 10.2. The Kier molecular flexibility index (Phi) is 4.48. The van der Waals surface area contributed by atoms with Crippen molar-refractivity contribution in [3.8, 4) is 0 Å². The predicted molar refractivity (Wildman–Crippen MR) is 86.2 cm³/mol. The average molecular weight is 290 g/mol. The Morgan fingerprint density at radius 3 is 2.86 bits per heavy atom. The van der Waals surface area contributed by atoms with Crippen molar-refractivity contribution in [2.45, 2.75) is 58.0 Å². The zero-order valence-corrected chi connectivity index (χ0v) is 13.2. The fraction of sp³-hybridized carbons (Fsp3) is 0.667. The summed E-state index contributed by atoms with van der Waals surface area (Å²) in [6.45, 7) is 6.09. The smallest absolute Gasteiger partial charge is 0.146 e. The lowest BCUT2D eigenvalue weighted by molar-refractivity contribution is 0.341. The SMILES string of the molecule is CCNC(C)c1ccc(N2CCC3CCCCC32)c(F)c1. The zero-order valence-electron chi connectivity index (χ0n) is 13.2. The van der Waals surface area contributed by atoms with E-state index in [1.807, 2.05) is 6.07 Å². The van der Waals surface area contributed by atoms with Crippen LogP contribution in [0.3, 0.4) is 0 Å². The van der Waals surface area contributed by atoms with Crippen LogP contribution in [-0.4, -0.2) is 19.1 Å². The minimum absolute atomic E-state index is 0.0523. The van der Waals surface area contributed by atoms with Gasteiger partial charge in [0, 0.05) is 18.6 Å².